The summed E-state index contributed by atoms with van der Waals surface area (Å²) in [5.74, 6) is 0.465. The second kappa shape index (κ2) is 10.5. The number of hydrogen-bond acceptors (Lipinski definition) is 2. The summed E-state index contributed by atoms with van der Waals surface area (Å²) in [5.41, 5.74) is 2.14. The Labute approximate surface area is 187 Å². The maximum absolute atomic E-state index is 10.4. The Morgan fingerprint density at radius 3 is 2.27 bits per heavy atom. The molecule has 1 fully saturated rings. The predicted octanol–water partition coefficient (Wildman–Crippen LogP) is 7.02. The van der Waals surface area contributed by atoms with Gasteiger partial charge in [0.2, 0.25) is 0 Å². The molecule has 0 N–H and O–H groups in total. The minimum atomic E-state index is -0.390. The molecule has 1 aliphatic rings. The van der Waals surface area contributed by atoms with Crippen molar-refractivity contribution in [1.82, 2.24) is 4.90 Å². The van der Waals surface area contributed by atoms with Gasteiger partial charge in [0, 0.05) is 23.7 Å². The minimum absolute atomic E-state index is 0.390. The van der Waals surface area contributed by atoms with Crippen molar-refractivity contribution in [1.29, 1.82) is 5.26 Å². The predicted molar refractivity (Wildman–Crippen MR) is 127 cm³/mol. The summed E-state index contributed by atoms with van der Waals surface area (Å²) < 4.78 is 0. The molecule has 2 aromatic rings. The molecule has 0 bridgehead atoms. The van der Waals surface area contributed by atoms with Crippen LogP contribution in [-0.4, -0.2) is 23.5 Å². The van der Waals surface area contributed by atoms with Gasteiger partial charge < -0.3 is 0 Å². The topological polar surface area (TPSA) is 27.0 Å². The van der Waals surface area contributed by atoms with Crippen molar-refractivity contribution in [3.05, 3.63) is 70.7 Å². The average molecular weight is 423 g/mol. The van der Waals surface area contributed by atoms with Crippen molar-refractivity contribution in [3.63, 3.8) is 0 Å². The summed E-state index contributed by atoms with van der Waals surface area (Å²) in [6.07, 6.45) is 6.56. The molecule has 1 aliphatic carbocycles. The zero-order valence-corrected chi connectivity index (χ0v) is 19.4. The van der Waals surface area contributed by atoms with Crippen molar-refractivity contribution in [2.75, 3.05) is 6.54 Å². The zero-order valence-electron chi connectivity index (χ0n) is 18.7. The summed E-state index contributed by atoms with van der Waals surface area (Å²) in [5, 5.41) is 11.1. The molecule has 3 heteroatoms. The SMILES string of the molecule is CC(C)N(CCc1ccccc1)C(C)CCC(C#N)(c1ccc(Cl)cc1)C1CCC1. The molecule has 0 aliphatic heterocycles. The molecular formula is C27H35ClN2. The van der Waals surface area contributed by atoms with Crippen molar-refractivity contribution in [2.24, 2.45) is 5.92 Å². The highest BCUT2D eigenvalue weighted by molar-refractivity contribution is 6.30. The third kappa shape index (κ3) is 5.26. The molecule has 2 unspecified atom stereocenters. The smallest absolute Gasteiger partial charge is 0.0851 e. The maximum Gasteiger partial charge on any atom is 0.0851 e. The molecule has 3 rings (SSSR count). The second-order valence-electron chi connectivity index (χ2n) is 9.17. The number of halogens is 1. The largest absolute Gasteiger partial charge is 0.298 e. The van der Waals surface area contributed by atoms with E-state index in [4.69, 9.17) is 11.6 Å². The van der Waals surface area contributed by atoms with Gasteiger partial charge in [0.25, 0.3) is 0 Å². The third-order valence-corrected chi connectivity index (χ3v) is 7.30. The van der Waals surface area contributed by atoms with Gasteiger partial charge >= 0.3 is 0 Å². The summed E-state index contributed by atoms with van der Waals surface area (Å²) in [4.78, 5) is 2.60. The van der Waals surface area contributed by atoms with Crippen LogP contribution in [0.4, 0.5) is 0 Å². The molecule has 30 heavy (non-hydrogen) atoms. The van der Waals surface area contributed by atoms with Gasteiger partial charge in [-0.15, -0.1) is 0 Å². The summed E-state index contributed by atoms with van der Waals surface area (Å²) in [6, 6.07) is 22.4. The first-order valence-electron chi connectivity index (χ1n) is 11.4. The van der Waals surface area contributed by atoms with Crippen LogP contribution in [0.25, 0.3) is 0 Å². The molecule has 0 heterocycles. The fourth-order valence-corrected chi connectivity index (χ4v) is 5.06. The first kappa shape index (κ1) is 22.9. The van der Waals surface area contributed by atoms with E-state index in [9.17, 15) is 5.26 Å². The van der Waals surface area contributed by atoms with Gasteiger partial charge in [-0.3, -0.25) is 4.90 Å². The van der Waals surface area contributed by atoms with Crippen LogP contribution < -0.4 is 0 Å². The summed E-state index contributed by atoms with van der Waals surface area (Å²) in [7, 11) is 0. The second-order valence-corrected chi connectivity index (χ2v) is 9.61. The Balaban J connectivity index is 1.71. The van der Waals surface area contributed by atoms with E-state index in [2.05, 4.69) is 74.2 Å². The van der Waals surface area contributed by atoms with Gasteiger partial charge in [-0.25, -0.2) is 0 Å². The molecular weight excluding hydrogens is 388 g/mol. The van der Waals surface area contributed by atoms with E-state index >= 15 is 0 Å². The molecule has 0 aromatic heterocycles. The molecule has 1 saturated carbocycles. The number of benzene rings is 2. The lowest BCUT2D eigenvalue weighted by molar-refractivity contribution is 0.134. The van der Waals surface area contributed by atoms with Crippen LogP contribution in [0.1, 0.15) is 64.0 Å². The standard InChI is InChI=1S/C27H35ClN2/c1-21(2)30(19-17-23-8-5-4-6-9-23)22(3)16-18-27(20-29,24-10-7-11-24)25-12-14-26(28)15-13-25/h4-6,8-9,12-15,21-22,24H,7,10-11,16-19H2,1-3H3. The third-order valence-electron chi connectivity index (χ3n) is 7.05. The molecule has 0 amide bonds. The van der Waals surface area contributed by atoms with Crippen molar-refractivity contribution < 1.29 is 0 Å². The van der Waals surface area contributed by atoms with Crippen molar-refractivity contribution in [2.45, 2.75) is 76.8 Å². The van der Waals surface area contributed by atoms with Crippen LogP contribution in [-0.2, 0) is 11.8 Å². The van der Waals surface area contributed by atoms with Crippen LogP contribution in [0.5, 0.6) is 0 Å². The maximum atomic E-state index is 10.4. The molecule has 0 radical (unpaired) electrons. The molecule has 160 valence electrons. The lowest BCUT2D eigenvalue weighted by Gasteiger charge is -2.42. The van der Waals surface area contributed by atoms with E-state index in [1.807, 2.05) is 12.1 Å². The molecule has 0 saturated heterocycles. The van der Waals surface area contributed by atoms with E-state index in [0.717, 1.165) is 49.2 Å². The molecule has 2 atom stereocenters. The number of nitrogens with zero attached hydrogens (tertiary/aromatic N) is 2. The Bertz CT molecular complexity index is 820. The highest BCUT2D eigenvalue weighted by atomic mass is 35.5. The quantitative estimate of drug-likeness (QED) is 0.411. The Morgan fingerprint density at radius 1 is 1.07 bits per heavy atom. The Hall–Kier alpha value is -1.82. The van der Waals surface area contributed by atoms with Gasteiger partial charge in [0.1, 0.15) is 0 Å². The Morgan fingerprint density at radius 2 is 1.73 bits per heavy atom. The van der Waals surface area contributed by atoms with E-state index in [-0.39, 0.29) is 5.41 Å². The lowest BCUT2D eigenvalue weighted by atomic mass is 9.60. The van der Waals surface area contributed by atoms with Gasteiger partial charge in [0.05, 0.1) is 11.5 Å². The van der Waals surface area contributed by atoms with Gasteiger partial charge in [-0.1, -0.05) is 60.5 Å². The van der Waals surface area contributed by atoms with Crippen LogP contribution >= 0.6 is 11.6 Å². The van der Waals surface area contributed by atoms with E-state index < -0.39 is 0 Å². The normalized spacial score (nSPS) is 17.4. The van der Waals surface area contributed by atoms with Crippen LogP contribution in [0, 0.1) is 17.2 Å². The summed E-state index contributed by atoms with van der Waals surface area (Å²) >= 11 is 6.13. The summed E-state index contributed by atoms with van der Waals surface area (Å²) in [6.45, 7) is 7.94. The number of rotatable bonds is 10. The van der Waals surface area contributed by atoms with E-state index in [1.54, 1.807) is 0 Å². The highest BCUT2D eigenvalue weighted by Gasteiger charge is 2.43. The monoisotopic (exact) mass is 422 g/mol. The molecule has 2 nitrogen and oxygen atoms in total. The van der Waals surface area contributed by atoms with Crippen LogP contribution in [0.15, 0.2) is 54.6 Å². The van der Waals surface area contributed by atoms with Gasteiger partial charge in [-0.05, 0) is 82.1 Å². The molecule has 0 spiro atoms. The fraction of sp³-hybridized carbons (Fsp3) is 0.519. The van der Waals surface area contributed by atoms with Gasteiger partial charge in [0.15, 0.2) is 0 Å². The fourth-order valence-electron chi connectivity index (χ4n) is 4.94. The van der Waals surface area contributed by atoms with E-state index in [0.29, 0.717) is 18.0 Å². The first-order chi connectivity index (χ1) is 14.5. The highest BCUT2D eigenvalue weighted by Crippen LogP contribution is 2.47. The Kier molecular flexibility index (Phi) is 7.98. The van der Waals surface area contributed by atoms with Crippen LogP contribution in [0.3, 0.4) is 0 Å². The van der Waals surface area contributed by atoms with Crippen LogP contribution in [0.2, 0.25) is 5.02 Å². The van der Waals surface area contributed by atoms with Crippen molar-refractivity contribution in [3.8, 4) is 6.07 Å². The number of hydrogen-bond donors (Lipinski definition) is 0. The lowest BCUT2D eigenvalue weighted by Crippen LogP contribution is -2.43. The molecule has 2 aromatic carbocycles. The van der Waals surface area contributed by atoms with Gasteiger partial charge in [-0.2, -0.15) is 5.26 Å². The number of nitriles is 1. The van der Waals surface area contributed by atoms with Crippen molar-refractivity contribution >= 4 is 11.6 Å². The minimum Gasteiger partial charge on any atom is -0.298 e. The zero-order chi connectivity index (χ0) is 21.6. The first-order valence-corrected chi connectivity index (χ1v) is 11.8. The average Bonchev–Trinajstić information content (AvgIpc) is 2.71. The van der Waals surface area contributed by atoms with E-state index in [1.165, 1.54) is 12.0 Å².